The maximum Gasteiger partial charge on any atom is 0.265 e. The van der Waals surface area contributed by atoms with Gasteiger partial charge in [0.15, 0.2) is 5.76 Å². The second-order valence-corrected chi connectivity index (χ2v) is 3.72. The van der Waals surface area contributed by atoms with Gasteiger partial charge < -0.3 is 15.9 Å². The fraction of sp³-hybridized carbons (Fsp3) is 0.0769. The van der Waals surface area contributed by atoms with E-state index in [1.807, 2.05) is 0 Å². The van der Waals surface area contributed by atoms with Gasteiger partial charge in [-0.2, -0.15) is 4.89 Å². The molecule has 0 fully saturated rings. The van der Waals surface area contributed by atoms with E-state index < -0.39 is 11.8 Å². The second-order valence-electron chi connectivity index (χ2n) is 3.72. The van der Waals surface area contributed by atoms with Crippen LogP contribution in [0, 0.1) is 0 Å². The number of allylic oxidation sites excluding steroid dienone is 1. The summed E-state index contributed by atoms with van der Waals surface area (Å²) in [7, 11) is 0. The highest BCUT2D eigenvalue weighted by Crippen LogP contribution is 2.10. The summed E-state index contributed by atoms with van der Waals surface area (Å²) < 4.78 is 0. The van der Waals surface area contributed by atoms with Crippen LogP contribution in [-0.2, 0) is 14.6 Å². The SMILES string of the molecule is NC(=O)C(=CC1=CCOO1)NC(=O)c1ccccc1. The topological polar surface area (TPSA) is 90.7 Å². The van der Waals surface area contributed by atoms with Crippen molar-refractivity contribution in [1.29, 1.82) is 0 Å². The van der Waals surface area contributed by atoms with Crippen LogP contribution in [0.2, 0.25) is 0 Å². The lowest BCUT2D eigenvalue weighted by atomic mass is 10.2. The molecule has 0 radical (unpaired) electrons. The van der Waals surface area contributed by atoms with Crippen LogP contribution < -0.4 is 11.1 Å². The van der Waals surface area contributed by atoms with Gasteiger partial charge in [-0.25, -0.2) is 0 Å². The molecule has 0 saturated heterocycles. The number of hydrogen-bond donors (Lipinski definition) is 2. The van der Waals surface area contributed by atoms with Crippen LogP contribution in [0.1, 0.15) is 10.4 Å². The van der Waals surface area contributed by atoms with Gasteiger partial charge in [0.1, 0.15) is 12.3 Å². The highest BCUT2D eigenvalue weighted by atomic mass is 17.2. The van der Waals surface area contributed by atoms with Gasteiger partial charge in [-0.05, 0) is 18.2 Å². The number of nitrogens with one attached hydrogen (secondary N) is 1. The number of benzene rings is 1. The average Bonchev–Trinajstić information content (AvgIpc) is 2.91. The van der Waals surface area contributed by atoms with Crippen molar-refractivity contribution in [2.24, 2.45) is 5.73 Å². The van der Waals surface area contributed by atoms with Crippen molar-refractivity contribution < 1.29 is 19.4 Å². The molecule has 0 saturated carbocycles. The summed E-state index contributed by atoms with van der Waals surface area (Å²) in [6.45, 7) is 0.282. The normalized spacial score (nSPS) is 14.5. The summed E-state index contributed by atoms with van der Waals surface area (Å²) in [5.74, 6) is -0.868. The molecule has 1 aliphatic rings. The Morgan fingerprint density at radius 1 is 1.26 bits per heavy atom. The van der Waals surface area contributed by atoms with E-state index in [9.17, 15) is 9.59 Å². The van der Waals surface area contributed by atoms with E-state index in [0.717, 1.165) is 0 Å². The van der Waals surface area contributed by atoms with Crippen molar-refractivity contribution in [1.82, 2.24) is 5.32 Å². The first-order chi connectivity index (χ1) is 9.16. The minimum atomic E-state index is -0.763. The molecule has 2 rings (SSSR count). The summed E-state index contributed by atoms with van der Waals surface area (Å²) in [5.41, 5.74) is 5.55. The molecule has 0 bridgehead atoms. The van der Waals surface area contributed by atoms with E-state index in [1.54, 1.807) is 36.4 Å². The van der Waals surface area contributed by atoms with Gasteiger partial charge in [-0.15, -0.1) is 0 Å². The van der Waals surface area contributed by atoms with Gasteiger partial charge in [0, 0.05) is 11.6 Å². The van der Waals surface area contributed by atoms with Crippen LogP contribution in [0.25, 0.3) is 0 Å². The Bertz CT molecular complexity index is 549. The summed E-state index contributed by atoms with van der Waals surface area (Å²) >= 11 is 0. The maximum atomic E-state index is 11.9. The molecule has 3 N–H and O–H groups in total. The maximum absolute atomic E-state index is 11.9. The largest absolute Gasteiger partial charge is 0.364 e. The Kier molecular flexibility index (Phi) is 3.94. The third kappa shape index (κ3) is 3.43. The molecule has 1 aromatic rings. The fourth-order valence-electron chi connectivity index (χ4n) is 1.43. The zero-order chi connectivity index (χ0) is 13.7. The molecule has 1 aliphatic heterocycles. The minimum absolute atomic E-state index is 0.0643. The molecule has 6 nitrogen and oxygen atoms in total. The third-order valence-corrected chi connectivity index (χ3v) is 2.34. The van der Waals surface area contributed by atoms with Crippen LogP contribution in [0.5, 0.6) is 0 Å². The predicted octanol–water partition coefficient (Wildman–Crippen LogP) is 0.631. The van der Waals surface area contributed by atoms with Crippen LogP contribution in [0.3, 0.4) is 0 Å². The average molecular weight is 260 g/mol. The van der Waals surface area contributed by atoms with Crippen molar-refractivity contribution in [3.63, 3.8) is 0 Å². The van der Waals surface area contributed by atoms with E-state index in [0.29, 0.717) is 11.3 Å². The summed E-state index contributed by atoms with van der Waals surface area (Å²) in [6.07, 6.45) is 2.92. The quantitative estimate of drug-likeness (QED) is 0.613. The predicted molar refractivity (Wildman–Crippen MR) is 66.3 cm³/mol. The first kappa shape index (κ1) is 12.8. The lowest BCUT2D eigenvalue weighted by Crippen LogP contribution is -2.31. The number of carbonyl (C=O) groups is 2. The van der Waals surface area contributed by atoms with Gasteiger partial charge in [-0.1, -0.05) is 18.2 Å². The molecule has 1 heterocycles. The van der Waals surface area contributed by atoms with E-state index in [-0.39, 0.29) is 12.3 Å². The zero-order valence-corrected chi connectivity index (χ0v) is 9.96. The van der Waals surface area contributed by atoms with E-state index in [2.05, 4.69) is 10.2 Å². The second kappa shape index (κ2) is 5.83. The fourth-order valence-corrected chi connectivity index (χ4v) is 1.43. The van der Waals surface area contributed by atoms with Crippen LogP contribution >= 0.6 is 0 Å². The Hall–Kier alpha value is -2.60. The molecule has 0 unspecified atom stereocenters. The lowest BCUT2D eigenvalue weighted by Gasteiger charge is -2.06. The molecule has 98 valence electrons. The van der Waals surface area contributed by atoms with Crippen LogP contribution in [0.4, 0.5) is 0 Å². The standard InChI is InChI=1S/C13H12N2O4/c14-12(16)11(8-10-6-7-18-19-10)15-13(17)9-4-2-1-3-5-9/h1-6,8H,7H2,(H2,14,16)(H,15,17). The minimum Gasteiger partial charge on any atom is -0.364 e. The number of hydrogen-bond acceptors (Lipinski definition) is 4. The highest BCUT2D eigenvalue weighted by Gasteiger charge is 2.14. The van der Waals surface area contributed by atoms with E-state index >= 15 is 0 Å². The van der Waals surface area contributed by atoms with Gasteiger partial charge in [0.05, 0.1) is 0 Å². The molecule has 6 heteroatoms. The zero-order valence-electron chi connectivity index (χ0n) is 9.96. The highest BCUT2D eigenvalue weighted by molar-refractivity contribution is 6.02. The molecular weight excluding hydrogens is 248 g/mol. The summed E-state index contributed by atoms with van der Waals surface area (Å²) in [6, 6.07) is 8.49. The van der Waals surface area contributed by atoms with Gasteiger partial charge in [0.25, 0.3) is 11.8 Å². The molecule has 0 aliphatic carbocycles. The van der Waals surface area contributed by atoms with Crippen molar-refractivity contribution in [3.05, 3.63) is 59.5 Å². The van der Waals surface area contributed by atoms with Crippen LogP contribution in [0.15, 0.2) is 53.9 Å². The first-order valence-corrected chi connectivity index (χ1v) is 5.54. The summed E-state index contributed by atoms with van der Waals surface area (Å²) in [5, 5.41) is 2.43. The number of amides is 2. The van der Waals surface area contributed by atoms with E-state index in [1.165, 1.54) is 6.08 Å². The first-order valence-electron chi connectivity index (χ1n) is 5.54. The Morgan fingerprint density at radius 2 is 2.00 bits per heavy atom. The Balaban J connectivity index is 2.13. The van der Waals surface area contributed by atoms with Gasteiger partial charge in [-0.3, -0.25) is 9.59 Å². The van der Waals surface area contributed by atoms with Crippen molar-refractivity contribution in [2.45, 2.75) is 0 Å². The molecule has 0 spiro atoms. The number of rotatable bonds is 4. The van der Waals surface area contributed by atoms with Gasteiger partial charge >= 0.3 is 0 Å². The number of nitrogens with two attached hydrogens (primary N) is 1. The monoisotopic (exact) mass is 260 g/mol. The smallest absolute Gasteiger partial charge is 0.265 e. The van der Waals surface area contributed by atoms with Crippen molar-refractivity contribution in [2.75, 3.05) is 6.61 Å². The molecule has 0 atom stereocenters. The van der Waals surface area contributed by atoms with Crippen molar-refractivity contribution >= 4 is 11.8 Å². The molecule has 1 aromatic carbocycles. The number of primary amides is 1. The molecule has 19 heavy (non-hydrogen) atoms. The molecular formula is C13H12N2O4. The van der Waals surface area contributed by atoms with Crippen molar-refractivity contribution in [3.8, 4) is 0 Å². The number of carbonyl (C=O) groups excluding carboxylic acids is 2. The Labute approximate surface area is 109 Å². The van der Waals surface area contributed by atoms with Gasteiger partial charge in [0.2, 0.25) is 0 Å². The lowest BCUT2D eigenvalue weighted by molar-refractivity contribution is -0.230. The Morgan fingerprint density at radius 3 is 2.58 bits per heavy atom. The van der Waals surface area contributed by atoms with Crippen LogP contribution in [-0.4, -0.2) is 18.4 Å². The summed E-state index contributed by atoms with van der Waals surface area (Å²) in [4.78, 5) is 32.5. The molecule has 0 aromatic heterocycles. The third-order valence-electron chi connectivity index (χ3n) is 2.34. The molecule has 2 amide bonds. The van der Waals surface area contributed by atoms with E-state index in [4.69, 9.17) is 10.6 Å².